The Labute approximate surface area is 355 Å². The van der Waals surface area contributed by atoms with Gasteiger partial charge in [-0.2, -0.15) is 0 Å². The second kappa shape index (κ2) is 14.1. The van der Waals surface area contributed by atoms with Crippen molar-refractivity contribution in [3.63, 3.8) is 0 Å². The molecule has 0 aliphatic heterocycles. The van der Waals surface area contributed by atoms with Crippen molar-refractivity contribution in [2.45, 2.75) is 5.41 Å². The van der Waals surface area contributed by atoms with Gasteiger partial charge in [-0.05, 0) is 98.1 Å². The van der Waals surface area contributed by atoms with E-state index in [0.717, 1.165) is 55.3 Å². The number of para-hydroxylation sites is 1. The molecule has 0 spiro atoms. The van der Waals surface area contributed by atoms with E-state index in [1.165, 1.54) is 50.1 Å². The van der Waals surface area contributed by atoms with Crippen molar-refractivity contribution in [2.75, 3.05) is 4.90 Å². The van der Waals surface area contributed by atoms with Gasteiger partial charge in [0.15, 0.2) is 0 Å². The van der Waals surface area contributed by atoms with E-state index in [9.17, 15) is 0 Å². The summed E-state index contributed by atoms with van der Waals surface area (Å²) in [5.74, 6) is 0. The highest BCUT2D eigenvalue weighted by Crippen LogP contribution is 2.57. The zero-order chi connectivity index (χ0) is 40.3. The lowest BCUT2D eigenvalue weighted by Gasteiger charge is -2.35. The zero-order valence-electron chi connectivity index (χ0n) is 33.4. The Balaban J connectivity index is 1.09. The van der Waals surface area contributed by atoms with Crippen LogP contribution < -0.4 is 4.90 Å². The number of nitrogens with zero attached hydrogens (tertiary/aromatic N) is 1. The Morgan fingerprint density at radius 1 is 0.328 bits per heavy atom. The van der Waals surface area contributed by atoms with Crippen molar-refractivity contribution in [3.8, 4) is 33.4 Å². The van der Waals surface area contributed by atoms with Gasteiger partial charge in [-0.15, -0.1) is 0 Å². The minimum absolute atomic E-state index is 0.519. The monoisotopic (exact) mass is 777 g/mol. The number of furan rings is 1. The third kappa shape index (κ3) is 5.50. The number of benzene rings is 10. The SMILES string of the molecule is c1ccc(-c2ccc(-c3ccc4oc5c6ccccc6c(N(c6ccccc6)c6ccc7c(c6)C(c6ccccc6)(c6ccccc6)c6ccccc6-7)cc5c4c3)cc2)cc1. The molecule has 0 amide bonds. The van der Waals surface area contributed by atoms with Crippen LogP contribution >= 0.6 is 0 Å². The van der Waals surface area contributed by atoms with Crippen LogP contribution in [0.15, 0.2) is 241 Å². The molecule has 0 fully saturated rings. The Hall–Kier alpha value is -7.94. The third-order valence-electron chi connectivity index (χ3n) is 12.7. The van der Waals surface area contributed by atoms with Gasteiger partial charge in [0.2, 0.25) is 0 Å². The van der Waals surface area contributed by atoms with Gasteiger partial charge < -0.3 is 9.32 Å². The van der Waals surface area contributed by atoms with Crippen molar-refractivity contribution in [2.24, 2.45) is 0 Å². The van der Waals surface area contributed by atoms with Gasteiger partial charge in [-0.1, -0.05) is 194 Å². The summed E-state index contributed by atoms with van der Waals surface area (Å²) in [4.78, 5) is 2.44. The molecule has 10 aromatic carbocycles. The fourth-order valence-electron chi connectivity index (χ4n) is 10.0. The van der Waals surface area contributed by atoms with Crippen LogP contribution in [0.4, 0.5) is 17.1 Å². The molecule has 0 saturated heterocycles. The molecule has 0 saturated carbocycles. The summed E-state index contributed by atoms with van der Waals surface area (Å²) >= 11 is 0. The Bertz CT molecular complexity index is 3350. The fourth-order valence-corrected chi connectivity index (χ4v) is 10.0. The molecule has 2 nitrogen and oxygen atoms in total. The molecule has 1 aliphatic rings. The van der Waals surface area contributed by atoms with Crippen molar-refractivity contribution in [3.05, 3.63) is 259 Å². The summed E-state index contributed by atoms with van der Waals surface area (Å²) in [6.07, 6.45) is 0. The van der Waals surface area contributed by atoms with Crippen molar-refractivity contribution >= 4 is 49.8 Å². The van der Waals surface area contributed by atoms with Crippen LogP contribution in [0, 0.1) is 0 Å². The maximum absolute atomic E-state index is 6.78. The lowest BCUT2D eigenvalue weighted by molar-refractivity contribution is 0.672. The Morgan fingerprint density at radius 3 is 1.57 bits per heavy atom. The Kier molecular flexibility index (Phi) is 8.11. The average Bonchev–Trinajstić information content (AvgIpc) is 3.86. The first-order valence-electron chi connectivity index (χ1n) is 21.0. The molecule has 1 aromatic heterocycles. The number of rotatable bonds is 7. The zero-order valence-corrected chi connectivity index (χ0v) is 33.4. The van der Waals surface area contributed by atoms with Crippen LogP contribution in [-0.4, -0.2) is 0 Å². The molecule has 12 rings (SSSR count). The predicted octanol–water partition coefficient (Wildman–Crippen LogP) is 15.9. The number of fused-ring (bicyclic) bond motifs is 8. The molecule has 61 heavy (non-hydrogen) atoms. The quantitative estimate of drug-likeness (QED) is 0.160. The van der Waals surface area contributed by atoms with Crippen LogP contribution in [0.5, 0.6) is 0 Å². The van der Waals surface area contributed by atoms with E-state index in [-0.39, 0.29) is 0 Å². The summed E-state index contributed by atoms with van der Waals surface area (Å²) in [5, 5.41) is 4.38. The molecule has 2 heteroatoms. The molecule has 0 radical (unpaired) electrons. The smallest absolute Gasteiger partial charge is 0.143 e. The van der Waals surface area contributed by atoms with E-state index in [1.807, 2.05) is 0 Å². The molecule has 0 bridgehead atoms. The first-order chi connectivity index (χ1) is 30.3. The highest BCUT2D eigenvalue weighted by molar-refractivity contribution is 6.20. The lowest BCUT2D eigenvalue weighted by Crippen LogP contribution is -2.28. The summed E-state index contributed by atoms with van der Waals surface area (Å²) in [6.45, 7) is 0. The second-order valence-electron chi connectivity index (χ2n) is 16.0. The van der Waals surface area contributed by atoms with E-state index >= 15 is 0 Å². The van der Waals surface area contributed by atoms with Crippen LogP contribution in [0.2, 0.25) is 0 Å². The van der Waals surface area contributed by atoms with Gasteiger partial charge in [0, 0.05) is 32.9 Å². The highest BCUT2D eigenvalue weighted by atomic mass is 16.3. The van der Waals surface area contributed by atoms with Gasteiger partial charge >= 0.3 is 0 Å². The summed E-state index contributed by atoms with van der Waals surface area (Å²) in [7, 11) is 0. The average molecular weight is 778 g/mol. The molecule has 11 aromatic rings. The van der Waals surface area contributed by atoms with Crippen LogP contribution in [0.3, 0.4) is 0 Å². The molecule has 0 atom stereocenters. The van der Waals surface area contributed by atoms with Crippen molar-refractivity contribution in [1.29, 1.82) is 0 Å². The largest absolute Gasteiger partial charge is 0.455 e. The van der Waals surface area contributed by atoms with Gasteiger partial charge in [0.05, 0.1) is 11.1 Å². The molecule has 1 aliphatic carbocycles. The normalized spacial score (nSPS) is 12.7. The van der Waals surface area contributed by atoms with Crippen LogP contribution in [-0.2, 0) is 5.41 Å². The summed E-state index contributed by atoms with van der Waals surface area (Å²) in [6, 6.07) is 86.0. The van der Waals surface area contributed by atoms with Crippen LogP contribution in [0.25, 0.3) is 66.1 Å². The minimum Gasteiger partial charge on any atom is -0.455 e. The van der Waals surface area contributed by atoms with E-state index in [4.69, 9.17) is 4.42 Å². The second-order valence-corrected chi connectivity index (χ2v) is 16.0. The van der Waals surface area contributed by atoms with Crippen molar-refractivity contribution < 1.29 is 4.42 Å². The maximum atomic E-state index is 6.78. The topological polar surface area (TPSA) is 16.4 Å². The first kappa shape index (κ1) is 35.0. The van der Waals surface area contributed by atoms with E-state index in [0.29, 0.717) is 0 Å². The molecule has 0 N–H and O–H groups in total. The molecule has 0 unspecified atom stereocenters. The number of anilines is 3. The standard InChI is InChI=1S/C59H39NO/c1-5-17-40(18-6-1)41-29-31-42(32-30-41)43-33-36-57-52(37-43)53-39-56(50-26-13-14-27-51(50)58(53)61-57)60(46-23-11-4-12-24-46)47-34-35-49-48-25-15-16-28-54(48)59(55(49)38-47,44-19-7-2-8-20-44)45-21-9-3-10-22-45/h1-39H. The molecular formula is C59H39NO. The van der Waals surface area contributed by atoms with E-state index in [1.54, 1.807) is 0 Å². The predicted molar refractivity (Wildman–Crippen MR) is 254 cm³/mol. The van der Waals surface area contributed by atoms with Gasteiger partial charge in [-0.3, -0.25) is 0 Å². The summed E-state index contributed by atoms with van der Waals surface area (Å²) < 4.78 is 6.78. The number of hydrogen-bond acceptors (Lipinski definition) is 2. The third-order valence-corrected chi connectivity index (χ3v) is 12.7. The minimum atomic E-state index is -0.519. The summed E-state index contributed by atoms with van der Waals surface area (Å²) in [5.41, 5.74) is 16.8. The van der Waals surface area contributed by atoms with Gasteiger partial charge in [0.25, 0.3) is 0 Å². The van der Waals surface area contributed by atoms with Crippen molar-refractivity contribution in [1.82, 2.24) is 0 Å². The van der Waals surface area contributed by atoms with E-state index in [2.05, 4.69) is 241 Å². The molecule has 286 valence electrons. The fraction of sp³-hybridized carbons (Fsp3) is 0.0169. The number of hydrogen-bond donors (Lipinski definition) is 0. The van der Waals surface area contributed by atoms with Gasteiger partial charge in [-0.25, -0.2) is 0 Å². The lowest BCUT2D eigenvalue weighted by atomic mass is 9.67. The van der Waals surface area contributed by atoms with E-state index < -0.39 is 5.41 Å². The molecule has 1 heterocycles. The molecular weight excluding hydrogens is 739 g/mol. The maximum Gasteiger partial charge on any atom is 0.143 e. The highest BCUT2D eigenvalue weighted by Gasteiger charge is 2.46. The Morgan fingerprint density at radius 2 is 0.869 bits per heavy atom. The van der Waals surface area contributed by atoms with Gasteiger partial charge in [0.1, 0.15) is 11.2 Å². The first-order valence-corrected chi connectivity index (χ1v) is 21.0. The van der Waals surface area contributed by atoms with Crippen LogP contribution in [0.1, 0.15) is 22.3 Å².